The molecule has 0 aliphatic carbocycles. The zero-order valence-corrected chi connectivity index (χ0v) is 17.5. The molecule has 0 aromatic heterocycles. The first-order valence-corrected chi connectivity index (χ1v) is 9.60. The molecule has 8 heteroatoms. The van der Waals surface area contributed by atoms with Crippen LogP contribution in [0.15, 0.2) is 48.0 Å². The summed E-state index contributed by atoms with van der Waals surface area (Å²) in [5.74, 6) is -1.07. The van der Waals surface area contributed by atoms with Crippen molar-refractivity contribution in [3.05, 3.63) is 64.2 Å². The molecule has 0 radical (unpaired) electrons. The highest BCUT2D eigenvalue weighted by Gasteiger charge is 2.46. The van der Waals surface area contributed by atoms with E-state index in [2.05, 4.69) is 0 Å². The monoisotopic (exact) mass is 431 g/mol. The van der Waals surface area contributed by atoms with Crippen molar-refractivity contribution >= 4 is 29.1 Å². The number of β-amino-alcohol motifs (C(OH)–C–C–N with tert-alkyl or cyclic N) is 1. The van der Waals surface area contributed by atoms with Crippen LogP contribution in [0.1, 0.15) is 24.1 Å². The van der Waals surface area contributed by atoms with Crippen LogP contribution in [-0.2, 0) is 9.59 Å². The maximum Gasteiger partial charge on any atom is 0.295 e. The number of amides is 1. The molecular weight excluding hydrogens is 410 g/mol. The number of aliphatic hydroxyl groups is 2. The topological polar surface area (TPSA) is 96.3 Å². The van der Waals surface area contributed by atoms with Crippen molar-refractivity contribution < 1.29 is 29.3 Å². The van der Waals surface area contributed by atoms with Crippen molar-refractivity contribution in [3.63, 3.8) is 0 Å². The van der Waals surface area contributed by atoms with Gasteiger partial charge in [-0.2, -0.15) is 0 Å². The first-order chi connectivity index (χ1) is 14.3. The molecule has 1 fully saturated rings. The molecule has 2 aromatic rings. The van der Waals surface area contributed by atoms with Gasteiger partial charge in [-0.25, -0.2) is 0 Å². The Morgan fingerprint density at radius 2 is 1.73 bits per heavy atom. The Labute approximate surface area is 179 Å². The van der Waals surface area contributed by atoms with Gasteiger partial charge in [-0.15, -0.1) is 0 Å². The molecule has 1 aliphatic rings. The summed E-state index contributed by atoms with van der Waals surface area (Å²) in [6.45, 7) is 1.44. The van der Waals surface area contributed by atoms with E-state index in [1.54, 1.807) is 42.5 Å². The summed E-state index contributed by atoms with van der Waals surface area (Å²) in [7, 11) is 2.97. The third-order valence-electron chi connectivity index (χ3n) is 4.84. The van der Waals surface area contributed by atoms with Crippen LogP contribution in [0.5, 0.6) is 11.5 Å². The minimum absolute atomic E-state index is 0.0739. The lowest BCUT2D eigenvalue weighted by atomic mass is 9.95. The number of carbonyl (C=O) groups excluding carboxylic acids is 2. The minimum atomic E-state index is -0.907. The largest absolute Gasteiger partial charge is 0.507 e. The lowest BCUT2D eigenvalue weighted by Gasteiger charge is -2.27. The fourth-order valence-electron chi connectivity index (χ4n) is 3.49. The van der Waals surface area contributed by atoms with Crippen LogP contribution >= 0.6 is 11.6 Å². The highest BCUT2D eigenvalue weighted by molar-refractivity contribution is 6.46. The molecule has 3 rings (SSSR count). The first kappa shape index (κ1) is 21.7. The fraction of sp³-hybridized carbons (Fsp3) is 0.273. The van der Waals surface area contributed by atoms with Crippen molar-refractivity contribution in [2.24, 2.45) is 0 Å². The average Bonchev–Trinajstić information content (AvgIpc) is 2.97. The van der Waals surface area contributed by atoms with Gasteiger partial charge in [-0.1, -0.05) is 17.7 Å². The van der Waals surface area contributed by atoms with E-state index >= 15 is 0 Å². The molecule has 1 amide bonds. The Balaban J connectivity index is 2.21. The number of benzene rings is 2. The van der Waals surface area contributed by atoms with E-state index in [0.717, 1.165) is 0 Å². The molecule has 30 heavy (non-hydrogen) atoms. The van der Waals surface area contributed by atoms with Crippen LogP contribution in [0, 0.1) is 0 Å². The Morgan fingerprint density at radius 1 is 1.10 bits per heavy atom. The summed E-state index contributed by atoms with van der Waals surface area (Å²) in [5, 5.41) is 21.3. The maximum atomic E-state index is 12.9. The SMILES string of the molecule is COc1ccc([C@@H]2C(=C(O)c3ccc(Cl)cc3)C(=O)C(=O)N2C[C@H](C)O)cc1OC. The number of likely N-dealkylation sites (tertiary alicyclic amines) is 1. The molecule has 2 N–H and O–H groups in total. The summed E-state index contributed by atoms with van der Waals surface area (Å²) < 4.78 is 10.6. The van der Waals surface area contributed by atoms with Crippen LogP contribution in [-0.4, -0.2) is 53.7 Å². The van der Waals surface area contributed by atoms with E-state index in [1.165, 1.54) is 26.0 Å². The van der Waals surface area contributed by atoms with Gasteiger partial charge in [0.25, 0.3) is 11.7 Å². The molecule has 0 saturated carbocycles. The highest BCUT2D eigenvalue weighted by Crippen LogP contribution is 2.42. The Morgan fingerprint density at radius 3 is 2.30 bits per heavy atom. The predicted octanol–water partition coefficient (Wildman–Crippen LogP) is 3.16. The van der Waals surface area contributed by atoms with E-state index in [9.17, 15) is 19.8 Å². The van der Waals surface area contributed by atoms with E-state index in [4.69, 9.17) is 21.1 Å². The van der Waals surface area contributed by atoms with Gasteiger partial charge in [-0.05, 0) is 48.9 Å². The lowest BCUT2D eigenvalue weighted by molar-refractivity contribution is -0.140. The first-order valence-electron chi connectivity index (χ1n) is 9.22. The van der Waals surface area contributed by atoms with Crippen molar-refractivity contribution in [2.75, 3.05) is 20.8 Å². The van der Waals surface area contributed by atoms with Crippen molar-refractivity contribution in [1.29, 1.82) is 0 Å². The maximum absolute atomic E-state index is 12.9. The molecule has 1 saturated heterocycles. The molecule has 2 atom stereocenters. The van der Waals surface area contributed by atoms with Crippen molar-refractivity contribution in [2.45, 2.75) is 19.1 Å². The van der Waals surface area contributed by atoms with Gasteiger partial charge in [0.1, 0.15) is 5.76 Å². The van der Waals surface area contributed by atoms with Gasteiger partial charge in [0.05, 0.1) is 31.9 Å². The standard InChI is InChI=1S/C22H22ClNO6/c1-12(25)11-24-19(14-6-9-16(29-2)17(10-14)30-3)18(21(27)22(24)28)20(26)13-4-7-15(23)8-5-13/h4-10,12,19,25-26H,11H2,1-3H3/t12-,19+/m0/s1. The molecule has 0 unspecified atom stereocenters. The second-order valence-electron chi connectivity index (χ2n) is 6.92. The zero-order chi connectivity index (χ0) is 22.0. The van der Waals surface area contributed by atoms with E-state index < -0.39 is 23.8 Å². The molecule has 2 aromatic carbocycles. The Kier molecular flexibility index (Phi) is 6.34. The predicted molar refractivity (Wildman–Crippen MR) is 112 cm³/mol. The second kappa shape index (κ2) is 8.77. The van der Waals surface area contributed by atoms with E-state index in [1.807, 2.05) is 0 Å². The Hall–Kier alpha value is -3.03. The quantitative estimate of drug-likeness (QED) is 0.414. The van der Waals surface area contributed by atoms with Crippen molar-refractivity contribution in [1.82, 2.24) is 4.90 Å². The van der Waals surface area contributed by atoms with E-state index in [0.29, 0.717) is 27.6 Å². The van der Waals surface area contributed by atoms with Gasteiger partial charge in [0.2, 0.25) is 0 Å². The van der Waals surface area contributed by atoms with Crippen LogP contribution in [0.2, 0.25) is 5.02 Å². The zero-order valence-electron chi connectivity index (χ0n) is 16.8. The summed E-state index contributed by atoms with van der Waals surface area (Å²) in [4.78, 5) is 26.9. The van der Waals surface area contributed by atoms with Gasteiger partial charge >= 0.3 is 0 Å². The molecule has 1 aliphatic heterocycles. The summed E-state index contributed by atoms with van der Waals surface area (Å²) in [5.41, 5.74) is 0.804. The molecule has 0 bridgehead atoms. The number of methoxy groups -OCH3 is 2. The number of ketones is 1. The molecule has 158 valence electrons. The summed E-state index contributed by atoms with van der Waals surface area (Å²) >= 11 is 5.91. The lowest BCUT2D eigenvalue weighted by Crippen LogP contribution is -2.35. The smallest absolute Gasteiger partial charge is 0.295 e. The number of halogens is 1. The van der Waals surface area contributed by atoms with Crippen molar-refractivity contribution in [3.8, 4) is 11.5 Å². The van der Waals surface area contributed by atoms with E-state index in [-0.39, 0.29) is 17.9 Å². The number of hydrogen-bond donors (Lipinski definition) is 2. The fourth-order valence-corrected chi connectivity index (χ4v) is 3.61. The number of ether oxygens (including phenoxy) is 2. The normalized spacial score (nSPS) is 19.1. The van der Waals surface area contributed by atoms with Crippen LogP contribution in [0.25, 0.3) is 5.76 Å². The summed E-state index contributed by atoms with van der Waals surface area (Å²) in [6.07, 6.45) is -0.874. The van der Waals surface area contributed by atoms with Gasteiger partial charge in [0.15, 0.2) is 11.5 Å². The van der Waals surface area contributed by atoms with Crippen LogP contribution < -0.4 is 9.47 Å². The number of rotatable bonds is 6. The third kappa shape index (κ3) is 3.99. The number of aliphatic hydroxyl groups excluding tert-OH is 2. The number of nitrogens with zero attached hydrogens (tertiary/aromatic N) is 1. The second-order valence-corrected chi connectivity index (χ2v) is 7.36. The number of Topliss-reactive ketones (excluding diaryl/α,β-unsaturated/α-hetero) is 1. The average molecular weight is 432 g/mol. The molecular formula is C22H22ClNO6. The third-order valence-corrected chi connectivity index (χ3v) is 5.09. The molecule has 7 nitrogen and oxygen atoms in total. The van der Waals surface area contributed by atoms with Gasteiger partial charge in [-0.3, -0.25) is 9.59 Å². The number of hydrogen-bond acceptors (Lipinski definition) is 6. The molecule has 1 heterocycles. The summed E-state index contributed by atoms with van der Waals surface area (Å²) in [6, 6.07) is 10.3. The number of carbonyl (C=O) groups is 2. The minimum Gasteiger partial charge on any atom is -0.507 e. The van der Waals surface area contributed by atoms with Gasteiger partial charge in [0, 0.05) is 17.1 Å². The van der Waals surface area contributed by atoms with Gasteiger partial charge < -0.3 is 24.6 Å². The molecule has 0 spiro atoms. The highest BCUT2D eigenvalue weighted by atomic mass is 35.5. The van der Waals surface area contributed by atoms with Crippen LogP contribution in [0.4, 0.5) is 0 Å². The van der Waals surface area contributed by atoms with Crippen LogP contribution in [0.3, 0.4) is 0 Å². The Bertz CT molecular complexity index is 999.